The minimum atomic E-state index is -0.991. The maximum absolute atomic E-state index is 11.8. The number of nitrogens with zero attached hydrogens (tertiary/aromatic N) is 1. The van der Waals surface area contributed by atoms with Crippen LogP contribution in [-0.2, 0) is 9.47 Å². The van der Waals surface area contributed by atoms with Gasteiger partial charge in [0.1, 0.15) is 0 Å². The van der Waals surface area contributed by atoms with Crippen molar-refractivity contribution < 1.29 is 24.5 Å². The van der Waals surface area contributed by atoms with Crippen LogP contribution in [0.15, 0.2) is 18.2 Å². The molecule has 6 nitrogen and oxygen atoms in total. The number of aliphatic hydroxyl groups excluding tert-OH is 1. The summed E-state index contributed by atoms with van der Waals surface area (Å²) >= 11 is 12.2. The fourth-order valence-electron chi connectivity index (χ4n) is 3.10. The normalized spacial score (nSPS) is 23.9. The molecule has 1 amide bonds. The molecule has 3 atom stereocenters. The minimum Gasteiger partial charge on any atom is -0.465 e. The smallest absolute Gasteiger partial charge is 0.407 e. The lowest BCUT2D eigenvalue weighted by molar-refractivity contribution is -0.0965. The van der Waals surface area contributed by atoms with Gasteiger partial charge < -0.3 is 24.6 Å². The molecule has 2 rings (SSSR count). The minimum absolute atomic E-state index is 0.0892. The van der Waals surface area contributed by atoms with Gasteiger partial charge in [0.2, 0.25) is 0 Å². The van der Waals surface area contributed by atoms with Crippen molar-refractivity contribution >= 4 is 29.3 Å². The summed E-state index contributed by atoms with van der Waals surface area (Å²) in [5, 5.41) is 19.5. The molecule has 0 saturated carbocycles. The maximum atomic E-state index is 11.8. The van der Waals surface area contributed by atoms with E-state index in [9.17, 15) is 9.90 Å². The van der Waals surface area contributed by atoms with Crippen LogP contribution in [0.1, 0.15) is 32.3 Å². The number of hydrogen-bond donors (Lipinski definition) is 2. The van der Waals surface area contributed by atoms with Gasteiger partial charge in [0.15, 0.2) is 0 Å². The van der Waals surface area contributed by atoms with Gasteiger partial charge in [-0.25, -0.2) is 4.79 Å². The maximum Gasteiger partial charge on any atom is 0.407 e. The number of hydrogen-bond acceptors (Lipinski definition) is 4. The molecule has 0 aliphatic carbocycles. The van der Waals surface area contributed by atoms with Gasteiger partial charge >= 0.3 is 6.09 Å². The van der Waals surface area contributed by atoms with E-state index >= 15 is 0 Å². The highest BCUT2D eigenvalue weighted by Gasteiger charge is 2.39. The lowest BCUT2D eigenvalue weighted by Gasteiger charge is -2.34. The molecule has 1 unspecified atom stereocenters. The van der Waals surface area contributed by atoms with E-state index in [2.05, 4.69) is 0 Å². The average molecular weight is 420 g/mol. The van der Waals surface area contributed by atoms with Crippen LogP contribution in [0.4, 0.5) is 4.79 Å². The first kappa shape index (κ1) is 22.2. The number of rotatable bonds is 5. The zero-order valence-electron chi connectivity index (χ0n) is 15.8. The van der Waals surface area contributed by atoms with Gasteiger partial charge in [-0.2, -0.15) is 0 Å². The van der Waals surface area contributed by atoms with E-state index in [-0.39, 0.29) is 56.5 Å². The van der Waals surface area contributed by atoms with Crippen LogP contribution in [-0.4, -0.2) is 66.3 Å². The second kappa shape index (κ2) is 9.43. The van der Waals surface area contributed by atoms with E-state index in [0.29, 0.717) is 10.0 Å². The molecule has 0 spiro atoms. The van der Waals surface area contributed by atoms with E-state index < -0.39 is 6.09 Å². The average Bonchev–Trinajstić information content (AvgIpc) is 2.78. The van der Waals surface area contributed by atoms with Crippen molar-refractivity contribution in [3.63, 3.8) is 0 Å². The number of amides is 1. The number of carbonyl (C=O) groups is 1. The Morgan fingerprint density at radius 3 is 2.56 bits per heavy atom. The molecule has 0 bridgehead atoms. The van der Waals surface area contributed by atoms with Gasteiger partial charge in [-0.15, -0.1) is 0 Å². The number of benzene rings is 1. The topological polar surface area (TPSA) is 79.2 Å². The van der Waals surface area contributed by atoms with E-state index in [4.69, 9.17) is 37.8 Å². The molecule has 1 aliphatic rings. The van der Waals surface area contributed by atoms with Crippen LogP contribution in [0, 0.1) is 5.41 Å². The molecule has 1 fully saturated rings. The summed E-state index contributed by atoms with van der Waals surface area (Å²) < 4.78 is 11.9. The molecule has 1 aliphatic heterocycles. The molecule has 8 heteroatoms. The second-order valence-corrected chi connectivity index (χ2v) is 8.61. The van der Waals surface area contributed by atoms with Crippen molar-refractivity contribution in [2.45, 2.75) is 38.9 Å². The Balaban J connectivity index is 2.39. The number of carboxylic acid groups (broad SMARTS) is 1. The number of halogens is 2. The van der Waals surface area contributed by atoms with Gasteiger partial charge in [-0.1, -0.05) is 50.0 Å². The van der Waals surface area contributed by atoms with Crippen molar-refractivity contribution in [2.24, 2.45) is 5.41 Å². The van der Waals surface area contributed by atoms with E-state index in [1.165, 1.54) is 4.90 Å². The summed E-state index contributed by atoms with van der Waals surface area (Å²) in [6, 6.07) is 5.27. The second-order valence-electron chi connectivity index (χ2n) is 7.80. The SMILES string of the molecule is CC(C)(C)C1CN(C(=O)O)C[C@@H](c2ccc(Cl)c(Cl)c2)[C@H](COCCO)O1. The van der Waals surface area contributed by atoms with E-state index in [1.807, 2.05) is 26.8 Å². The lowest BCUT2D eigenvalue weighted by atomic mass is 9.88. The monoisotopic (exact) mass is 419 g/mol. The largest absolute Gasteiger partial charge is 0.465 e. The molecule has 152 valence electrons. The zero-order chi connectivity index (χ0) is 20.2. The Hall–Kier alpha value is -1.05. The Morgan fingerprint density at radius 2 is 2.00 bits per heavy atom. The molecule has 27 heavy (non-hydrogen) atoms. The fourth-order valence-corrected chi connectivity index (χ4v) is 3.40. The van der Waals surface area contributed by atoms with Crippen LogP contribution in [0.2, 0.25) is 10.0 Å². The van der Waals surface area contributed by atoms with Gasteiger partial charge in [-0.05, 0) is 23.1 Å². The summed E-state index contributed by atoms with van der Waals surface area (Å²) in [4.78, 5) is 13.2. The van der Waals surface area contributed by atoms with E-state index in [0.717, 1.165) is 5.56 Å². The van der Waals surface area contributed by atoms with Gasteiger partial charge in [0, 0.05) is 12.5 Å². The number of ether oxygens (including phenoxy) is 2. The van der Waals surface area contributed by atoms with Crippen molar-refractivity contribution in [3.8, 4) is 0 Å². The molecular formula is C19H27Cl2NO5. The van der Waals surface area contributed by atoms with Crippen molar-refractivity contribution in [2.75, 3.05) is 32.9 Å². The molecule has 0 aromatic heterocycles. The van der Waals surface area contributed by atoms with Gasteiger partial charge in [0.25, 0.3) is 0 Å². The molecule has 1 aromatic rings. The third kappa shape index (κ3) is 5.96. The summed E-state index contributed by atoms with van der Waals surface area (Å²) in [6.07, 6.45) is -1.68. The van der Waals surface area contributed by atoms with Crippen molar-refractivity contribution in [1.29, 1.82) is 0 Å². The molecule has 1 saturated heterocycles. The first-order chi connectivity index (χ1) is 12.6. The van der Waals surface area contributed by atoms with Crippen molar-refractivity contribution in [3.05, 3.63) is 33.8 Å². The summed E-state index contributed by atoms with van der Waals surface area (Å²) in [6.45, 7) is 6.92. The quantitative estimate of drug-likeness (QED) is 0.707. The van der Waals surface area contributed by atoms with Crippen molar-refractivity contribution in [1.82, 2.24) is 4.90 Å². The highest BCUT2D eigenvalue weighted by Crippen LogP contribution is 2.35. The fraction of sp³-hybridized carbons (Fsp3) is 0.632. The molecule has 1 heterocycles. The third-order valence-electron chi connectivity index (χ3n) is 4.72. The van der Waals surface area contributed by atoms with Crippen LogP contribution in [0.25, 0.3) is 0 Å². The van der Waals surface area contributed by atoms with Crippen LogP contribution in [0.3, 0.4) is 0 Å². The van der Waals surface area contributed by atoms with Gasteiger partial charge in [-0.3, -0.25) is 0 Å². The third-order valence-corrected chi connectivity index (χ3v) is 5.46. The molecule has 1 aromatic carbocycles. The summed E-state index contributed by atoms with van der Waals surface area (Å²) in [5.41, 5.74) is 0.581. The first-order valence-corrected chi connectivity index (χ1v) is 9.66. The Labute approximate surface area is 170 Å². The molecular weight excluding hydrogens is 393 g/mol. The van der Waals surface area contributed by atoms with E-state index in [1.54, 1.807) is 12.1 Å². The number of aliphatic hydroxyl groups is 1. The summed E-state index contributed by atoms with van der Waals surface area (Å²) in [5.74, 6) is -0.276. The standard InChI is InChI=1S/C19H27Cl2NO5/c1-19(2,3)17-10-22(18(24)25)9-13(16(27-17)11-26-7-6-23)12-4-5-14(20)15(21)8-12/h4-5,8,13,16-17,23H,6-7,9-11H2,1-3H3,(H,24,25)/t13-,16-,17?/m0/s1. The van der Waals surface area contributed by atoms with Crippen LogP contribution in [0.5, 0.6) is 0 Å². The van der Waals surface area contributed by atoms with Crippen LogP contribution < -0.4 is 0 Å². The Bertz CT molecular complexity index is 649. The summed E-state index contributed by atoms with van der Waals surface area (Å²) in [7, 11) is 0. The molecule has 2 N–H and O–H groups in total. The predicted octanol–water partition coefficient (Wildman–Crippen LogP) is 3.88. The highest BCUT2D eigenvalue weighted by molar-refractivity contribution is 6.42. The highest BCUT2D eigenvalue weighted by atomic mass is 35.5. The van der Waals surface area contributed by atoms with Crippen LogP contribution >= 0.6 is 23.2 Å². The molecule has 0 radical (unpaired) electrons. The zero-order valence-corrected chi connectivity index (χ0v) is 17.3. The predicted molar refractivity (Wildman–Crippen MR) is 105 cm³/mol. The Morgan fingerprint density at radius 1 is 1.30 bits per heavy atom. The Kier molecular flexibility index (Phi) is 7.77. The lowest BCUT2D eigenvalue weighted by Crippen LogP contribution is -2.42. The first-order valence-electron chi connectivity index (χ1n) is 8.90. The van der Waals surface area contributed by atoms with Gasteiger partial charge in [0.05, 0.1) is 48.6 Å².